The van der Waals surface area contributed by atoms with Crippen LogP contribution in [0.1, 0.15) is 31.6 Å². The van der Waals surface area contributed by atoms with E-state index in [4.69, 9.17) is 16.0 Å². The van der Waals surface area contributed by atoms with E-state index in [0.717, 1.165) is 18.4 Å². The third kappa shape index (κ3) is 3.67. The van der Waals surface area contributed by atoms with Crippen molar-refractivity contribution in [2.75, 3.05) is 0 Å². The second kappa shape index (κ2) is 6.40. The summed E-state index contributed by atoms with van der Waals surface area (Å²) >= 11 is 5.89. The van der Waals surface area contributed by atoms with Gasteiger partial charge in [0.05, 0.1) is 6.54 Å². The first-order valence-corrected chi connectivity index (χ1v) is 8.64. The Morgan fingerprint density at radius 2 is 1.96 bits per heavy atom. The van der Waals surface area contributed by atoms with E-state index in [2.05, 4.69) is 10.2 Å². The van der Waals surface area contributed by atoms with Gasteiger partial charge >= 0.3 is 0 Å². The second-order valence-electron chi connectivity index (χ2n) is 6.40. The van der Waals surface area contributed by atoms with Gasteiger partial charge in [0.1, 0.15) is 0 Å². The molecule has 0 bridgehead atoms. The van der Waals surface area contributed by atoms with Crippen molar-refractivity contribution in [3.05, 3.63) is 47.3 Å². The highest BCUT2D eigenvalue weighted by molar-refractivity contribution is 6.30. The van der Waals surface area contributed by atoms with E-state index < -0.39 is 0 Å². The molecule has 5 nitrogen and oxygen atoms in total. The first kappa shape index (κ1) is 15.4. The number of rotatable bonds is 6. The maximum atomic E-state index is 12.4. The molecular formula is C18H18ClN3O2. The van der Waals surface area contributed by atoms with Crippen molar-refractivity contribution >= 4 is 17.5 Å². The van der Waals surface area contributed by atoms with Crippen LogP contribution in [0.4, 0.5) is 0 Å². The SMILES string of the molecule is O=C(/C=C/C1CC1)N(Cc1nnc(-c2ccc(Cl)cc2)o1)C1CC1. The van der Waals surface area contributed by atoms with E-state index in [1.807, 2.05) is 23.1 Å². The lowest BCUT2D eigenvalue weighted by atomic mass is 10.2. The number of benzene rings is 1. The molecule has 24 heavy (non-hydrogen) atoms. The van der Waals surface area contributed by atoms with Crippen molar-refractivity contribution in [3.63, 3.8) is 0 Å². The van der Waals surface area contributed by atoms with Crippen molar-refractivity contribution in [2.24, 2.45) is 5.92 Å². The van der Waals surface area contributed by atoms with Crippen LogP contribution in [0.2, 0.25) is 5.02 Å². The fourth-order valence-corrected chi connectivity index (χ4v) is 2.67. The maximum Gasteiger partial charge on any atom is 0.247 e. The minimum atomic E-state index is 0.0376. The van der Waals surface area contributed by atoms with Gasteiger partial charge in [0.15, 0.2) is 0 Å². The van der Waals surface area contributed by atoms with Gasteiger partial charge in [0.2, 0.25) is 17.7 Å². The zero-order valence-electron chi connectivity index (χ0n) is 13.2. The third-order valence-corrected chi connectivity index (χ3v) is 4.52. The molecule has 2 fully saturated rings. The standard InChI is InChI=1S/C18H18ClN3O2/c19-14-6-4-13(5-7-14)18-21-20-16(24-18)11-22(15-8-9-15)17(23)10-3-12-1-2-12/h3-7,10,12,15H,1-2,8-9,11H2/b10-3+. The Labute approximate surface area is 145 Å². The molecule has 6 heteroatoms. The van der Waals surface area contributed by atoms with Gasteiger partial charge in [-0.1, -0.05) is 17.7 Å². The average molecular weight is 344 g/mol. The smallest absolute Gasteiger partial charge is 0.247 e. The largest absolute Gasteiger partial charge is 0.419 e. The van der Waals surface area contributed by atoms with Crippen LogP contribution in [0.3, 0.4) is 0 Å². The minimum Gasteiger partial charge on any atom is -0.419 e. The summed E-state index contributed by atoms with van der Waals surface area (Å²) in [4.78, 5) is 14.2. The van der Waals surface area contributed by atoms with Gasteiger partial charge in [0.25, 0.3) is 0 Å². The number of amides is 1. The van der Waals surface area contributed by atoms with Crippen LogP contribution in [-0.4, -0.2) is 27.0 Å². The molecule has 2 aliphatic carbocycles. The second-order valence-corrected chi connectivity index (χ2v) is 6.84. The van der Waals surface area contributed by atoms with Crippen LogP contribution in [0, 0.1) is 5.92 Å². The van der Waals surface area contributed by atoms with Crippen molar-refractivity contribution in [1.82, 2.24) is 15.1 Å². The van der Waals surface area contributed by atoms with Crippen LogP contribution in [0.5, 0.6) is 0 Å². The predicted molar refractivity (Wildman–Crippen MR) is 90.2 cm³/mol. The molecule has 0 radical (unpaired) electrons. The number of carbonyl (C=O) groups excluding carboxylic acids is 1. The lowest BCUT2D eigenvalue weighted by molar-refractivity contribution is -0.127. The molecule has 2 saturated carbocycles. The Bertz CT molecular complexity index is 761. The Hall–Kier alpha value is -2.14. The van der Waals surface area contributed by atoms with E-state index in [1.165, 1.54) is 12.8 Å². The Kier molecular flexibility index (Phi) is 4.10. The molecule has 4 rings (SSSR count). The maximum absolute atomic E-state index is 12.4. The summed E-state index contributed by atoms with van der Waals surface area (Å²) < 4.78 is 5.72. The van der Waals surface area contributed by atoms with Gasteiger partial charge in [0, 0.05) is 16.6 Å². The minimum absolute atomic E-state index is 0.0376. The van der Waals surface area contributed by atoms with Crippen LogP contribution in [0.15, 0.2) is 40.8 Å². The molecule has 1 aromatic heterocycles. The normalized spacial score (nSPS) is 17.4. The Morgan fingerprint density at radius 3 is 2.62 bits per heavy atom. The van der Waals surface area contributed by atoms with Crippen LogP contribution in [0.25, 0.3) is 11.5 Å². The third-order valence-electron chi connectivity index (χ3n) is 4.27. The molecule has 2 aliphatic rings. The highest BCUT2D eigenvalue weighted by Crippen LogP contribution is 2.32. The predicted octanol–water partition coefficient (Wildman–Crippen LogP) is 3.85. The van der Waals surface area contributed by atoms with Gasteiger partial charge in [-0.25, -0.2) is 0 Å². The Morgan fingerprint density at radius 1 is 1.21 bits per heavy atom. The average Bonchev–Trinajstić information content (AvgIpc) is 3.51. The number of aromatic nitrogens is 2. The molecule has 0 atom stereocenters. The first-order valence-electron chi connectivity index (χ1n) is 8.26. The molecule has 0 aliphatic heterocycles. The summed E-state index contributed by atoms with van der Waals surface area (Å²) in [7, 11) is 0. The summed E-state index contributed by atoms with van der Waals surface area (Å²) in [6.45, 7) is 0.360. The number of carbonyl (C=O) groups is 1. The quantitative estimate of drug-likeness (QED) is 0.747. The van der Waals surface area contributed by atoms with Crippen molar-refractivity contribution in [3.8, 4) is 11.5 Å². The van der Waals surface area contributed by atoms with E-state index in [0.29, 0.717) is 35.3 Å². The van der Waals surface area contributed by atoms with Gasteiger partial charge in [-0.05, 0) is 61.9 Å². The van der Waals surface area contributed by atoms with Crippen LogP contribution >= 0.6 is 11.6 Å². The summed E-state index contributed by atoms with van der Waals surface area (Å²) in [6.07, 6.45) is 8.20. The zero-order valence-corrected chi connectivity index (χ0v) is 13.9. The molecule has 0 unspecified atom stereocenters. The van der Waals surface area contributed by atoms with Crippen LogP contribution in [-0.2, 0) is 11.3 Å². The Balaban J connectivity index is 1.46. The van der Waals surface area contributed by atoms with Crippen molar-refractivity contribution in [2.45, 2.75) is 38.3 Å². The van der Waals surface area contributed by atoms with Gasteiger partial charge < -0.3 is 9.32 Å². The lowest BCUT2D eigenvalue weighted by Crippen LogP contribution is -2.31. The van der Waals surface area contributed by atoms with Crippen LogP contribution < -0.4 is 0 Å². The topological polar surface area (TPSA) is 59.2 Å². The fraction of sp³-hybridized carbons (Fsp3) is 0.389. The van der Waals surface area contributed by atoms with Crippen molar-refractivity contribution < 1.29 is 9.21 Å². The molecule has 0 N–H and O–H groups in total. The molecule has 1 heterocycles. The van der Waals surface area contributed by atoms with Gasteiger partial charge in [-0.15, -0.1) is 10.2 Å². The van der Waals surface area contributed by atoms with E-state index in [-0.39, 0.29) is 5.91 Å². The lowest BCUT2D eigenvalue weighted by Gasteiger charge is -2.18. The number of allylic oxidation sites excluding steroid dienone is 1. The fourth-order valence-electron chi connectivity index (χ4n) is 2.55. The summed E-state index contributed by atoms with van der Waals surface area (Å²) in [5, 5.41) is 8.82. The number of hydrogen-bond donors (Lipinski definition) is 0. The van der Waals surface area contributed by atoms with Gasteiger partial charge in [-0.2, -0.15) is 0 Å². The molecule has 1 aromatic carbocycles. The van der Waals surface area contributed by atoms with E-state index in [9.17, 15) is 4.79 Å². The monoisotopic (exact) mass is 343 g/mol. The molecule has 1 amide bonds. The molecule has 0 saturated heterocycles. The summed E-state index contributed by atoms with van der Waals surface area (Å²) in [6, 6.07) is 7.53. The zero-order chi connectivity index (χ0) is 16.5. The molecular weight excluding hydrogens is 326 g/mol. The first-order chi connectivity index (χ1) is 11.7. The van der Waals surface area contributed by atoms with E-state index >= 15 is 0 Å². The summed E-state index contributed by atoms with van der Waals surface area (Å²) in [5.74, 6) is 1.53. The molecule has 124 valence electrons. The highest BCUT2D eigenvalue weighted by atomic mass is 35.5. The summed E-state index contributed by atoms with van der Waals surface area (Å²) in [5.41, 5.74) is 0.816. The van der Waals surface area contributed by atoms with E-state index in [1.54, 1.807) is 18.2 Å². The number of hydrogen-bond acceptors (Lipinski definition) is 4. The van der Waals surface area contributed by atoms with Gasteiger partial charge in [-0.3, -0.25) is 4.79 Å². The van der Waals surface area contributed by atoms with Crippen molar-refractivity contribution in [1.29, 1.82) is 0 Å². The highest BCUT2D eigenvalue weighted by Gasteiger charge is 2.33. The number of nitrogens with zero attached hydrogens (tertiary/aromatic N) is 3. The molecule has 2 aromatic rings. The number of halogens is 1. The molecule has 0 spiro atoms.